The van der Waals surface area contributed by atoms with Gasteiger partial charge in [0, 0.05) is 17.9 Å². The van der Waals surface area contributed by atoms with E-state index >= 15 is 0 Å². The van der Waals surface area contributed by atoms with Crippen molar-refractivity contribution in [1.29, 1.82) is 0 Å². The van der Waals surface area contributed by atoms with E-state index in [1.54, 1.807) is 0 Å². The van der Waals surface area contributed by atoms with Gasteiger partial charge in [0.2, 0.25) is 0 Å². The molecule has 2 heteroatoms. The molecule has 1 N–H and O–H groups in total. The normalized spacial score (nSPS) is 17.1. The van der Waals surface area contributed by atoms with Gasteiger partial charge in [0.1, 0.15) is 0 Å². The number of aryl methyl sites for hydroxylation is 2. The highest BCUT2D eigenvalue weighted by atomic mass is 14.9. The van der Waals surface area contributed by atoms with Crippen LogP contribution in [0.5, 0.6) is 0 Å². The van der Waals surface area contributed by atoms with Crippen molar-refractivity contribution in [3.8, 4) is 0 Å². The minimum Gasteiger partial charge on any atom is -0.317 e. The molecule has 1 unspecified atom stereocenters. The molecule has 1 fully saturated rings. The van der Waals surface area contributed by atoms with Crippen molar-refractivity contribution in [2.75, 3.05) is 7.05 Å². The molecule has 0 bridgehead atoms. The molecule has 0 amide bonds. The fourth-order valence-electron chi connectivity index (χ4n) is 2.43. The molecule has 2 rings (SSSR count). The first-order valence-electron chi connectivity index (χ1n) is 6.94. The molecule has 0 aliphatic heterocycles. The highest BCUT2D eigenvalue weighted by Crippen LogP contribution is 2.34. The van der Waals surface area contributed by atoms with Gasteiger partial charge in [0.15, 0.2) is 0 Å². The van der Waals surface area contributed by atoms with E-state index in [0.717, 1.165) is 24.8 Å². The summed E-state index contributed by atoms with van der Waals surface area (Å²) in [4.78, 5) is 4.51. The van der Waals surface area contributed by atoms with Crippen LogP contribution in [-0.2, 0) is 12.8 Å². The van der Waals surface area contributed by atoms with E-state index in [4.69, 9.17) is 0 Å². The molecule has 17 heavy (non-hydrogen) atoms. The fraction of sp³-hybridized carbons (Fsp3) is 0.667. The number of hydrogen-bond donors (Lipinski definition) is 1. The molecular formula is C15H24N2. The van der Waals surface area contributed by atoms with Crippen molar-refractivity contribution in [3.05, 3.63) is 29.6 Å². The van der Waals surface area contributed by atoms with Crippen LogP contribution in [0.15, 0.2) is 18.3 Å². The van der Waals surface area contributed by atoms with Crippen molar-refractivity contribution in [2.24, 2.45) is 5.92 Å². The van der Waals surface area contributed by atoms with Gasteiger partial charge in [0.05, 0.1) is 0 Å². The van der Waals surface area contributed by atoms with E-state index in [2.05, 4.69) is 36.4 Å². The highest BCUT2D eigenvalue weighted by molar-refractivity contribution is 5.13. The Balaban J connectivity index is 1.73. The van der Waals surface area contributed by atoms with Crippen LogP contribution >= 0.6 is 0 Å². The summed E-state index contributed by atoms with van der Waals surface area (Å²) >= 11 is 0. The van der Waals surface area contributed by atoms with E-state index < -0.39 is 0 Å². The largest absolute Gasteiger partial charge is 0.317 e. The number of hydrogen-bond acceptors (Lipinski definition) is 2. The Morgan fingerprint density at radius 3 is 2.76 bits per heavy atom. The number of nitrogens with zero attached hydrogens (tertiary/aromatic N) is 1. The zero-order chi connectivity index (χ0) is 12.1. The molecule has 94 valence electrons. The Kier molecular flexibility index (Phi) is 4.55. The average molecular weight is 232 g/mol. The van der Waals surface area contributed by atoms with Gasteiger partial charge in [-0.05, 0) is 63.1 Å². The maximum absolute atomic E-state index is 4.51. The number of nitrogens with one attached hydrogen (secondary N) is 1. The van der Waals surface area contributed by atoms with Crippen LogP contribution < -0.4 is 5.32 Å². The first kappa shape index (κ1) is 12.6. The molecule has 1 aromatic rings. The van der Waals surface area contributed by atoms with Crippen LogP contribution in [-0.4, -0.2) is 18.1 Å². The zero-order valence-corrected chi connectivity index (χ0v) is 11.1. The lowest BCUT2D eigenvalue weighted by Crippen LogP contribution is -2.27. The number of aromatic nitrogens is 1. The molecule has 1 saturated carbocycles. The third kappa shape index (κ3) is 3.81. The lowest BCUT2D eigenvalue weighted by molar-refractivity contribution is 0.455. The molecule has 1 heterocycles. The molecule has 0 aromatic carbocycles. The first-order valence-corrected chi connectivity index (χ1v) is 6.94. The number of pyridine rings is 1. The molecular weight excluding hydrogens is 208 g/mol. The molecule has 0 spiro atoms. The minimum absolute atomic E-state index is 0.741. The van der Waals surface area contributed by atoms with Gasteiger partial charge in [-0.3, -0.25) is 4.98 Å². The number of rotatable bonds is 7. The molecule has 1 aromatic heterocycles. The molecule has 1 aliphatic carbocycles. The quantitative estimate of drug-likeness (QED) is 0.782. The zero-order valence-electron chi connectivity index (χ0n) is 11.1. The summed E-state index contributed by atoms with van der Waals surface area (Å²) in [6.07, 6.45) is 9.61. The second-order valence-electron chi connectivity index (χ2n) is 5.14. The summed E-state index contributed by atoms with van der Waals surface area (Å²) in [7, 11) is 2.09. The molecule has 0 radical (unpaired) electrons. The molecule has 2 nitrogen and oxygen atoms in total. The summed E-state index contributed by atoms with van der Waals surface area (Å²) in [6, 6.07) is 5.13. The topological polar surface area (TPSA) is 24.9 Å². The van der Waals surface area contributed by atoms with Crippen LogP contribution in [0.1, 0.15) is 43.9 Å². The predicted octanol–water partition coefficient (Wildman–Crippen LogP) is 2.96. The smallest absolute Gasteiger partial charge is 0.0403 e. The van der Waals surface area contributed by atoms with Crippen molar-refractivity contribution in [2.45, 2.75) is 51.5 Å². The van der Waals surface area contributed by atoms with E-state index in [0.29, 0.717) is 0 Å². The van der Waals surface area contributed by atoms with Gasteiger partial charge in [-0.25, -0.2) is 0 Å². The highest BCUT2D eigenvalue weighted by Gasteiger charge is 2.29. The Morgan fingerprint density at radius 1 is 1.41 bits per heavy atom. The van der Waals surface area contributed by atoms with E-state index in [9.17, 15) is 0 Å². The molecule has 1 atom stereocenters. The lowest BCUT2D eigenvalue weighted by Gasteiger charge is -2.14. The van der Waals surface area contributed by atoms with Crippen molar-refractivity contribution < 1.29 is 0 Å². The predicted molar refractivity (Wildman–Crippen MR) is 72.1 cm³/mol. The van der Waals surface area contributed by atoms with Crippen LogP contribution in [0.3, 0.4) is 0 Å². The van der Waals surface area contributed by atoms with Crippen molar-refractivity contribution in [1.82, 2.24) is 10.3 Å². The summed E-state index contributed by atoms with van der Waals surface area (Å²) in [5, 5.41) is 3.45. The van der Waals surface area contributed by atoms with Gasteiger partial charge in [-0.2, -0.15) is 0 Å². The van der Waals surface area contributed by atoms with Crippen LogP contribution in [0.4, 0.5) is 0 Å². The minimum atomic E-state index is 0.741. The van der Waals surface area contributed by atoms with Crippen LogP contribution in [0.2, 0.25) is 0 Å². The second kappa shape index (κ2) is 6.15. The maximum atomic E-state index is 4.51. The van der Waals surface area contributed by atoms with Gasteiger partial charge in [-0.1, -0.05) is 13.0 Å². The van der Waals surface area contributed by atoms with Crippen molar-refractivity contribution in [3.63, 3.8) is 0 Å². The lowest BCUT2D eigenvalue weighted by atomic mass is 10.0. The summed E-state index contributed by atoms with van der Waals surface area (Å²) in [5.41, 5.74) is 2.58. The Hall–Kier alpha value is -0.890. The Morgan fingerprint density at radius 2 is 2.24 bits per heavy atom. The summed E-state index contributed by atoms with van der Waals surface area (Å²) in [6.45, 7) is 2.17. The summed E-state index contributed by atoms with van der Waals surface area (Å²) in [5.74, 6) is 0.954. The monoisotopic (exact) mass is 232 g/mol. The van der Waals surface area contributed by atoms with Gasteiger partial charge in [-0.15, -0.1) is 0 Å². The maximum Gasteiger partial charge on any atom is 0.0403 e. The Bertz CT molecular complexity index is 327. The standard InChI is InChI=1S/C15H24N2/c1-3-12-7-10-14(17-11-12)5-4-6-15(16-2)13-8-9-13/h7,10-11,13,15-16H,3-6,8-9H2,1-2H3. The van der Waals surface area contributed by atoms with E-state index in [1.807, 2.05) is 6.20 Å². The van der Waals surface area contributed by atoms with Crippen molar-refractivity contribution >= 4 is 0 Å². The van der Waals surface area contributed by atoms with Crippen LogP contribution in [0, 0.1) is 5.92 Å². The fourth-order valence-corrected chi connectivity index (χ4v) is 2.43. The average Bonchev–Trinajstić information content (AvgIpc) is 3.20. The third-order valence-electron chi connectivity index (χ3n) is 3.80. The third-order valence-corrected chi connectivity index (χ3v) is 3.80. The summed E-state index contributed by atoms with van der Waals surface area (Å²) < 4.78 is 0. The van der Waals surface area contributed by atoms with Gasteiger partial charge in [0.25, 0.3) is 0 Å². The molecule has 1 aliphatic rings. The van der Waals surface area contributed by atoms with Gasteiger partial charge >= 0.3 is 0 Å². The SMILES string of the molecule is CCc1ccc(CCCC(NC)C2CC2)nc1. The Labute approximate surface area is 105 Å². The van der Waals surface area contributed by atoms with Crippen LogP contribution in [0.25, 0.3) is 0 Å². The van der Waals surface area contributed by atoms with E-state index in [-0.39, 0.29) is 0 Å². The van der Waals surface area contributed by atoms with Gasteiger partial charge < -0.3 is 5.32 Å². The molecule has 0 saturated heterocycles. The second-order valence-corrected chi connectivity index (χ2v) is 5.14. The first-order chi connectivity index (χ1) is 8.33. The van der Waals surface area contributed by atoms with E-state index in [1.165, 1.54) is 36.9 Å².